The molecule has 4 rings (SSSR count). The number of rotatable bonds is 7. The number of amides is 1. The third-order valence-corrected chi connectivity index (χ3v) is 7.08. The Kier molecular flexibility index (Phi) is 7.82. The first-order valence-corrected chi connectivity index (χ1v) is 13.3. The number of benzene rings is 1. The van der Waals surface area contributed by atoms with E-state index in [2.05, 4.69) is 46.3 Å². The van der Waals surface area contributed by atoms with Gasteiger partial charge in [0.05, 0.1) is 48.2 Å². The third-order valence-electron chi connectivity index (χ3n) is 5.86. The molecule has 1 amide bonds. The lowest BCUT2D eigenvalue weighted by Gasteiger charge is -2.37. The van der Waals surface area contributed by atoms with Gasteiger partial charge in [-0.05, 0) is 46.8 Å². The van der Waals surface area contributed by atoms with Crippen LogP contribution in [0.5, 0.6) is 0 Å². The van der Waals surface area contributed by atoms with Crippen LogP contribution in [0, 0.1) is 0 Å². The van der Waals surface area contributed by atoms with Crippen molar-refractivity contribution in [1.82, 2.24) is 20.1 Å². The second-order valence-corrected chi connectivity index (χ2v) is 11.5. The smallest absolute Gasteiger partial charge is 0.256 e. The number of aromatic nitrogens is 3. The zero-order valence-electron chi connectivity index (χ0n) is 21.2. The number of thiazole rings is 1. The summed E-state index contributed by atoms with van der Waals surface area (Å²) in [7, 11) is 0. The Labute approximate surface area is 220 Å². The van der Waals surface area contributed by atoms with Gasteiger partial charge in [0, 0.05) is 29.7 Å². The Hall–Kier alpha value is -2.75. The lowest BCUT2D eigenvalue weighted by atomic mass is 10.1. The Balaban J connectivity index is 1.35. The number of halogens is 1. The first-order valence-electron chi connectivity index (χ1n) is 12.0. The maximum atomic E-state index is 12.5. The highest BCUT2D eigenvalue weighted by Gasteiger charge is 2.24. The van der Waals surface area contributed by atoms with Crippen LogP contribution in [0.1, 0.15) is 50.0 Å². The second kappa shape index (κ2) is 10.7. The molecule has 1 saturated heterocycles. The summed E-state index contributed by atoms with van der Waals surface area (Å²) in [5, 5.41) is 9.77. The molecule has 3 heterocycles. The number of hydrogen-bond acceptors (Lipinski definition) is 7. The van der Waals surface area contributed by atoms with Crippen molar-refractivity contribution in [3.63, 3.8) is 0 Å². The molecule has 1 N–H and O–H groups in total. The fraction of sp³-hybridized carbons (Fsp3) is 0.462. The monoisotopic (exact) mass is 529 g/mol. The first kappa shape index (κ1) is 26.3. The van der Waals surface area contributed by atoms with Crippen molar-refractivity contribution in [2.75, 3.05) is 24.5 Å². The van der Waals surface area contributed by atoms with Gasteiger partial charge in [0.1, 0.15) is 10.2 Å². The minimum absolute atomic E-state index is 0.104. The third kappa shape index (κ3) is 6.14. The summed E-state index contributed by atoms with van der Waals surface area (Å²) in [6.07, 6.45) is 1.94. The molecule has 0 spiro atoms. The van der Waals surface area contributed by atoms with Crippen molar-refractivity contribution < 1.29 is 14.3 Å². The van der Waals surface area contributed by atoms with Crippen molar-refractivity contribution in [3.8, 4) is 11.3 Å². The van der Waals surface area contributed by atoms with Crippen LogP contribution in [0.3, 0.4) is 0 Å². The number of nitrogens with zero attached hydrogens (tertiary/aromatic N) is 4. The number of Topliss-reactive ketones (excluding diaryl/α,β-unsaturated/α-hetero) is 1. The quantitative estimate of drug-likeness (QED) is 0.482. The fourth-order valence-corrected chi connectivity index (χ4v) is 5.50. The van der Waals surface area contributed by atoms with E-state index in [-0.39, 0.29) is 47.2 Å². The fourth-order valence-electron chi connectivity index (χ4n) is 4.23. The van der Waals surface area contributed by atoms with Crippen LogP contribution in [0.15, 0.2) is 35.8 Å². The predicted octanol–water partition coefficient (Wildman–Crippen LogP) is 4.57. The Bertz CT molecular complexity index is 1240. The Morgan fingerprint density at radius 2 is 1.94 bits per heavy atom. The summed E-state index contributed by atoms with van der Waals surface area (Å²) >= 11 is 7.76. The maximum absolute atomic E-state index is 12.5. The maximum Gasteiger partial charge on any atom is 0.256 e. The van der Waals surface area contributed by atoms with Gasteiger partial charge < -0.3 is 15.0 Å². The second-order valence-electron chi connectivity index (χ2n) is 10.2. The van der Waals surface area contributed by atoms with Gasteiger partial charge in [-0.2, -0.15) is 5.10 Å². The van der Waals surface area contributed by atoms with Crippen molar-refractivity contribution >= 4 is 40.3 Å². The molecular formula is C26H32ClN5O3S. The van der Waals surface area contributed by atoms with Crippen LogP contribution in [0.25, 0.3) is 11.3 Å². The summed E-state index contributed by atoms with van der Waals surface area (Å²) in [6, 6.07) is 8.29. The highest BCUT2D eigenvalue weighted by atomic mass is 35.5. The molecule has 0 bridgehead atoms. The number of ketones is 1. The molecule has 10 heteroatoms. The van der Waals surface area contributed by atoms with E-state index < -0.39 is 5.91 Å². The van der Waals surface area contributed by atoms with Gasteiger partial charge in [-0.25, -0.2) is 9.67 Å². The first-order chi connectivity index (χ1) is 17.0. The topological polar surface area (TPSA) is 89.4 Å². The van der Waals surface area contributed by atoms with Gasteiger partial charge in [-0.3, -0.25) is 9.59 Å². The van der Waals surface area contributed by atoms with E-state index in [1.807, 2.05) is 38.3 Å². The van der Waals surface area contributed by atoms with Gasteiger partial charge in [-0.1, -0.05) is 23.7 Å². The number of anilines is 1. The van der Waals surface area contributed by atoms with Crippen molar-refractivity contribution in [2.45, 2.75) is 58.8 Å². The number of carbonyl (C=O) groups is 2. The van der Waals surface area contributed by atoms with Gasteiger partial charge >= 0.3 is 0 Å². The molecular weight excluding hydrogens is 498 g/mol. The Morgan fingerprint density at radius 1 is 1.22 bits per heavy atom. The Morgan fingerprint density at radius 3 is 2.61 bits per heavy atom. The van der Waals surface area contributed by atoms with E-state index in [1.54, 1.807) is 4.68 Å². The van der Waals surface area contributed by atoms with E-state index in [9.17, 15) is 9.59 Å². The summed E-state index contributed by atoms with van der Waals surface area (Å²) in [5.74, 6) is -0.555. The SMILES string of the molecule is C[C@@H]1CN(c2cccc(-c3csc(CC(=O)CNC(=O)c4cnn(C(C)(C)C)c4Cl)n3)c2)C[C@H](C)O1. The minimum atomic E-state index is -0.424. The average molecular weight is 530 g/mol. The van der Waals surface area contributed by atoms with E-state index in [0.29, 0.717) is 5.01 Å². The molecule has 1 fully saturated rings. The van der Waals surface area contributed by atoms with E-state index >= 15 is 0 Å². The summed E-state index contributed by atoms with van der Waals surface area (Å²) in [5.41, 5.74) is 2.88. The number of nitrogens with one attached hydrogen (secondary N) is 1. The van der Waals surface area contributed by atoms with Crippen molar-refractivity contribution in [3.05, 3.63) is 51.6 Å². The average Bonchev–Trinajstić information content (AvgIpc) is 3.43. The van der Waals surface area contributed by atoms with E-state index in [4.69, 9.17) is 16.3 Å². The largest absolute Gasteiger partial charge is 0.372 e. The highest BCUT2D eigenvalue weighted by Crippen LogP contribution is 2.28. The molecule has 192 valence electrons. The zero-order chi connectivity index (χ0) is 26.0. The summed E-state index contributed by atoms with van der Waals surface area (Å²) < 4.78 is 7.43. The lowest BCUT2D eigenvalue weighted by molar-refractivity contribution is -0.117. The molecule has 1 aliphatic rings. The van der Waals surface area contributed by atoms with Crippen molar-refractivity contribution in [2.24, 2.45) is 0 Å². The molecule has 0 saturated carbocycles. The molecule has 3 aromatic rings. The minimum Gasteiger partial charge on any atom is -0.372 e. The standard InChI is InChI=1S/C26H32ClN5O3S/c1-16-13-31(14-17(2)35-16)19-8-6-7-18(9-19)22-15-36-23(30-22)10-20(33)11-28-25(34)21-12-29-32(24(21)27)26(3,4)5/h6-9,12,15-17H,10-11,13-14H2,1-5H3,(H,28,34)/t16-,17+. The van der Waals surface area contributed by atoms with Crippen LogP contribution >= 0.6 is 22.9 Å². The molecule has 1 aromatic carbocycles. The number of hydrogen-bond donors (Lipinski definition) is 1. The molecule has 0 aliphatic carbocycles. The van der Waals surface area contributed by atoms with Gasteiger partial charge in [0.2, 0.25) is 0 Å². The van der Waals surface area contributed by atoms with Crippen LogP contribution in [-0.2, 0) is 21.5 Å². The van der Waals surface area contributed by atoms with Crippen LogP contribution in [-0.4, -0.2) is 58.3 Å². The van der Waals surface area contributed by atoms with Gasteiger partial charge in [0.15, 0.2) is 5.78 Å². The molecule has 0 unspecified atom stereocenters. The summed E-state index contributed by atoms with van der Waals surface area (Å²) in [4.78, 5) is 32.1. The van der Waals surface area contributed by atoms with Crippen molar-refractivity contribution in [1.29, 1.82) is 0 Å². The predicted molar refractivity (Wildman–Crippen MR) is 143 cm³/mol. The van der Waals surface area contributed by atoms with Gasteiger partial charge in [0.25, 0.3) is 5.91 Å². The molecule has 8 nitrogen and oxygen atoms in total. The number of ether oxygens (including phenoxy) is 1. The zero-order valence-corrected chi connectivity index (χ0v) is 22.8. The molecule has 0 radical (unpaired) electrons. The van der Waals surface area contributed by atoms with Crippen LogP contribution < -0.4 is 10.2 Å². The highest BCUT2D eigenvalue weighted by molar-refractivity contribution is 7.10. The van der Waals surface area contributed by atoms with Crippen LogP contribution in [0.4, 0.5) is 5.69 Å². The molecule has 2 aromatic heterocycles. The molecule has 2 atom stereocenters. The molecule has 36 heavy (non-hydrogen) atoms. The summed E-state index contributed by atoms with van der Waals surface area (Å²) in [6.45, 7) is 11.6. The number of morpholine rings is 1. The normalized spacial score (nSPS) is 18.3. The van der Waals surface area contributed by atoms with E-state index in [1.165, 1.54) is 17.5 Å². The lowest BCUT2D eigenvalue weighted by Crippen LogP contribution is -2.45. The van der Waals surface area contributed by atoms with Gasteiger partial charge in [-0.15, -0.1) is 11.3 Å². The van der Waals surface area contributed by atoms with E-state index in [0.717, 1.165) is 30.0 Å². The number of carbonyl (C=O) groups excluding carboxylic acids is 2. The van der Waals surface area contributed by atoms with Crippen LogP contribution in [0.2, 0.25) is 5.15 Å². The molecule has 1 aliphatic heterocycles.